The summed E-state index contributed by atoms with van der Waals surface area (Å²) < 4.78 is 47.0. The number of likely N-dealkylation sites (N-methyl/N-ethyl adjacent to an activating group) is 1. The first-order valence-electron chi connectivity index (χ1n) is 9.62. The third-order valence-electron chi connectivity index (χ3n) is 5.11. The molecule has 0 saturated carbocycles. The molecule has 0 fully saturated rings. The summed E-state index contributed by atoms with van der Waals surface area (Å²) in [5.41, 5.74) is -0.367. The van der Waals surface area contributed by atoms with E-state index in [4.69, 9.17) is 4.74 Å². The van der Waals surface area contributed by atoms with Crippen LogP contribution in [0.1, 0.15) is 23.6 Å². The van der Waals surface area contributed by atoms with Crippen LogP contribution in [0.4, 0.5) is 13.2 Å². The molecule has 0 bridgehead atoms. The van der Waals surface area contributed by atoms with E-state index in [1.807, 2.05) is 19.0 Å². The van der Waals surface area contributed by atoms with Crippen LogP contribution in [-0.2, 0) is 23.4 Å². The molecule has 0 aromatic heterocycles. The maximum absolute atomic E-state index is 14.0. The average molecular weight is 422 g/mol. The molecule has 0 spiro atoms. The lowest BCUT2D eigenvalue weighted by molar-refractivity contribution is -0.131. The maximum atomic E-state index is 14.0. The van der Waals surface area contributed by atoms with Gasteiger partial charge in [0, 0.05) is 24.2 Å². The van der Waals surface area contributed by atoms with Crippen molar-refractivity contribution in [3.63, 3.8) is 0 Å². The molecule has 5 nitrogen and oxygen atoms in total. The lowest BCUT2D eigenvalue weighted by Crippen LogP contribution is -2.35. The van der Waals surface area contributed by atoms with Gasteiger partial charge in [0.2, 0.25) is 5.91 Å². The number of fused-ring (bicyclic) bond motifs is 1. The van der Waals surface area contributed by atoms with E-state index in [-0.39, 0.29) is 19.7 Å². The molecule has 2 aromatic carbocycles. The highest BCUT2D eigenvalue weighted by Gasteiger charge is 2.28. The molecule has 1 unspecified atom stereocenters. The highest BCUT2D eigenvalue weighted by molar-refractivity contribution is 5.79. The fraction of sp³-hybridized carbons (Fsp3) is 0.409. The van der Waals surface area contributed by atoms with Gasteiger partial charge in [-0.1, -0.05) is 6.07 Å². The maximum Gasteiger partial charge on any atom is 0.227 e. The van der Waals surface area contributed by atoms with Gasteiger partial charge in [0.1, 0.15) is 18.2 Å². The minimum atomic E-state index is -1.35. The van der Waals surface area contributed by atoms with Gasteiger partial charge in [-0.15, -0.1) is 0 Å². The molecule has 1 atom stereocenters. The van der Waals surface area contributed by atoms with Gasteiger partial charge in [-0.25, -0.2) is 13.2 Å². The first kappa shape index (κ1) is 22.1. The van der Waals surface area contributed by atoms with Crippen LogP contribution in [0.25, 0.3) is 0 Å². The Balaban J connectivity index is 1.83. The number of halogens is 3. The Kier molecular flexibility index (Phi) is 6.38. The molecule has 8 heteroatoms. The Morgan fingerprint density at radius 2 is 1.90 bits per heavy atom. The van der Waals surface area contributed by atoms with Crippen molar-refractivity contribution in [2.24, 2.45) is 0 Å². The predicted octanol–water partition coefficient (Wildman–Crippen LogP) is 2.84. The number of carbonyl (C=O) groups is 1. The van der Waals surface area contributed by atoms with Crippen molar-refractivity contribution in [2.45, 2.75) is 25.5 Å². The number of aliphatic hydroxyl groups is 1. The fourth-order valence-corrected chi connectivity index (χ4v) is 3.64. The molecule has 2 aromatic rings. The topological polar surface area (TPSA) is 53.0 Å². The average Bonchev–Trinajstić information content (AvgIpc) is 2.89. The zero-order chi connectivity index (χ0) is 22.1. The minimum absolute atomic E-state index is 0.151. The molecule has 162 valence electrons. The third kappa shape index (κ3) is 4.76. The lowest BCUT2D eigenvalue weighted by Gasteiger charge is -2.28. The molecular formula is C22H25F3N2O3. The predicted molar refractivity (Wildman–Crippen MR) is 105 cm³/mol. The zero-order valence-corrected chi connectivity index (χ0v) is 17.2. The second kappa shape index (κ2) is 8.65. The Morgan fingerprint density at radius 3 is 2.60 bits per heavy atom. The highest BCUT2D eigenvalue weighted by atomic mass is 19.2. The lowest BCUT2D eigenvalue weighted by atomic mass is 9.93. The first-order valence-corrected chi connectivity index (χ1v) is 9.62. The first-order chi connectivity index (χ1) is 14.1. The van der Waals surface area contributed by atoms with Crippen molar-refractivity contribution in [3.05, 3.63) is 64.5 Å². The highest BCUT2D eigenvalue weighted by Crippen LogP contribution is 2.30. The molecule has 1 aliphatic rings. The molecule has 0 radical (unpaired) electrons. The summed E-state index contributed by atoms with van der Waals surface area (Å²) in [7, 11) is 3.71. The second-order valence-electron chi connectivity index (χ2n) is 8.00. The SMILES string of the molecule is CN(C)CC(C)(O)c1ccc2c(c1)CN(C(=O)Cc1c(F)ccc(F)c1F)CCO2. The molecule has 30 heavy (non-hydrogen) atoms. The molecule has 0 saturated heterocycles. The molecule has 1 heterocycles. The summed E-state index contributed by atoms with van der Waals surface area (Å²) in [5.74, 6) is -3.47. The van der Waals surface area contributed by atoms with Crippen LogP contribution in [0.3, 0.4) is 0 Å². The standard InChI is InChI=1S/C22H25F3N2O3/c1-22(29,13-26(2)3)15-4-7-19-14(10-15)12-27(8-9-30-19)20(28)11-16-17(23)5-6-18(24)21(16)25/h4-7,10,29H,8-9,11-13H2,1-3H3. The van der Waals surface area contributed by atoms with Gasteiger partial charge in [-0.2, -0.15) is 0 Å². The van der Waals surface area contributed by atoms with Crippen LogP contribution in [0, 0.1) is 17.5 Å². The van der Waals surface area contributed by atoms with Crippen molar-refractivity contribution in [3.8, 4) is 5.75 Å². The number of benzene rings is 2. The third-order valence-corrected chi connectivity index (χ3v) is 5.11. The van der Waals surface area contributed by atoms with Crippen LogP contribution in [-0.4, -0.2) is 54.6 Å². The van der Waals surface area contributed by atoms with Gasteiger partial charge in [0.25, 0.3) is 0 Å². The number of hydrogen-bond donors (Lipinski definition) is 1. The zero-order valence-electron chi connectivity index (χ0n) is 17.2. The van der Waals surface area contributed by atoms with Crippen LogP contribution in [0.5, 0.6) is 5.75 Å². The quantitative estimate of drug-likeness (QED) is 0.753. The van der Waals surface area contributed by atoms with Crippen LogP contribution < -0.4 is 4.74 Å². The minimum Gasteiger partial charge on any atom is -0.491 e. The summed E-state index contributed by atoms with van der Waals surface area (Å²) in [6.07, 6.45) is -0.594. The Morgan fingerprint density at radius 1 is 1.20 bits per heavy atom. The number of nitrogens with zero attached hydrogens (tertiary/aromatic N) is 2. The number of rotatable bonds is 5. The van der Waals surface area contributed by atoms with Crippen molar-refractivity contribution in [1.29, 1.82) is 0 Å². The van der Waals surface area contributed by atoms with Crippen LogP contribution >= 0.6 is 0 Å². The van der Waals surface area contributed by atoms with Gasteiger partial charge in [-0.05, 0) is 50.8 Å². The monoisotopic (exact) mass is 422 g/mol. The van der Waals surface area contributed by atoms with Crippen molar-refractivity contribution in [2.75, 3.05) is 33.8 Å². The van der Waals surface area contributed by atoms with E-state index < -0.39 is 40.9 Å². The van der Waals surface area contributed by atoms with E-state index in [0.717, 1.165) is 6.07 Å². The van der Waals surface area contributed by atoms with Gasteiger partial charge < -0.3 is 19.6 Å². The Hall–Kier alpha value is -2.58. The molecular weight excluding hydrogens is 397 g/mol. The Bertz CT molecular complexity index is 947. The van der Waals surface area contributed by atoms with Gasteiger partial charge in [0.15, 0.2) is 11.6 Å². The molecule has 1 aliphatic heterocycles. The van der Waals surface area contributed by atoms with Crippen LogP contribution in [0.2, 0.25) is 0 Å². The van der Waals surface area contributed by atoms with Crippen LogP contribution in [0.15, 0.2) is 30.3 Å². The van der Waals surface area contributed by atoms with E-state index in [1.54, 1.807) is 25.1 Å². The number of carbonyl (C=O) groups excluding carboxylic acids is 1. The summed E-state index contributed by atoms with van der Waals surface area (Å²) in [6.45, 7) is 2.67. The van der Waals surface area contributed by atoms with Crippen molar-refractivity contribution >= 4 is 5.91 Å². The summed E-state index contributed by atoms with van der Waals surface area (Å²) >= 11 is 0. The van der Waals surface area contributed by atoms with E-state index in [2.05, 4.69) is 0 Å². The van der Waals surface area contributed by atoms with Crippen molar-refractivity contribution < 1.29 is 27.8 Å². The van der Waals surface area contributed by atoms with E-state index >= 15 is 0 Å². The molecule has 1 N–H and O–H groups in total. The fourth-order valence-electron chi connectivity index (χ4n) is 3.64. The number of ether oxygens (including phenoxy) is 1. The summed E-state index contributed by atoms with van der Waals surface area (Å²) in [5, 5.41) is 10.8. The molecule has 0 aliphatic carbocycles. The Labute approximate surface area is 173 Å². The van der Waals surface area contributed by atoms with E-state index in [0.29, 0.717) is 29.5 Å². The summed E-state index contributed by atoms with van der Waals surface area (Å²) in [4.78, 5) is 16.0. The van der Waals surface area contributed by atoms with Gasteiger partial charge in [-0.3, -0.25) is 4.79 Å². The van der Waals surface area contributed by atoms with E-state index in [1.165, 1.54) is 4.90 Å². The molecule has 1 amide bonds. The van der Waals surface area contributed by atoms with E-state index in [9.17, 15) is 23.1 Å². The normalized spacial score (nSPS) is 15.9. The molecule has 3 rings (SSSR count). The number of amides is 1. The van der Waals surface area contributed by atoms with Gasteiger partial charge in [0.05, 0.1) is 18.6 Å². The second-order valence-corrected chi connectivity index (χ2v) is 8.00. The van der Waals surface area contributed by atoms with Crippen molar-refractivity contribution in [1.82, 2.24) is 9.80 Å². The van der Waals surface area contributed by atoms with Gasteiger partial charge >= 0.3 is 0 Å². The number of hydrogen-bond acceptors (Lipinski definition) is 4. The smallest absolute Gasteiger partial charge is 0.227 e. The summed E-state index contributed by atoms with van der Waals surface area (Å²) in [6, 6.07) is 6.79. The largest absolute Gasteiger partial charge is 0.491 e.